The summed E-state index contributed by atoms with van der Waals surface area (Å²) in [6, 6.07) is 16.3. The summed E-state index contributed by atoms with van der Waals surface area (Å²) in [6.07, 6.45) is -0.783. The van der Waals surface area contributed by atoms with Crippen molar-refractivity contribution in [2.45, 2.75) is 39.2 Å². The van der Waals surface area contributed by atoms with Crippen molar-refractivity contribution in [3.8, 4) is 17.2 Å². The predicted molar refractivity (Wildman–Crippen MR) is 159 cm³/mol. The number of hydrogen-bond acceptors (Lipinski definition) is 7. The van der Waals surface area contributed by atoms with Crippen LogP contribution < -0.4 is 30.7 Å². The van der Waals surface area contributed by atoms with Crippen molar-refractivity contribution in [3.63, 3.8) is 0 Å². The molecule has 224 valence electrons. The molecule has 0 bridgehead atoms. The number of hydrogen-bond donors (Lipinski definition) is 6. The first-order valence-electron chi connectivity index (χ1n) is 13.2. The summed E-state index contributed by atoms with van der Waals surface area (Å²) in [4.78, 5) is 48.5. The van der Waals surface area contributed by atoms with Gasteiger partial charge in [0.2, 0.25) is 11.8 Å². The maximum Gasteiger partial charge on any atom is 0.323 e. The Morgan fingerprint density at radius 2 is 1.43 bits per heavy atom. The summed E-state index contributed by atoms with van der Waals surface area (Å²) in [5.41, 5.74) is 1.46. The number of amides is 4. The Labute approximate surface area is 244 Å². The number of phenols is 1. The summed E-state index contributed by atoms with van der Waals surface area (Å²) < 4.78 is 10.4. The van der Waals surface area contributed by atoms with E-state index in [1.807, 2.05) is 19.9 Å². The van der Waals surface area contributed by atoms with Gasteiger partial charge >= 0.3 is 12.0 Å². The van der Waals surface area contributed by atoms with Crippen molar-refractivity contribution in [3.05, 3.63) is 72.3 Å². The van der Waals surface area contributed by atoms with Crippen LogP contribution in [0.3, 0.4) is 0 Å². The lowest BCUT2D eigenvalue weighted by atomic mass is 10.0. The Kier molecular flexibility index (Phi) is 13.1. The highest BCUT2D eigenvalue weighted by molar-refractivity contribution is 6.01. The molecule has 3 rings (SSSR count). The van der Waals surface area contributed by atoms with Gasteiger partial charge in [0, 0.05) is 30.3 Å². The fraction of sp³-hybridized carbons (Fsp3) is 0.267. The van der Waals surface area contributed by atoms with E-state index in [1.165, 1.54) is 32.4 Å². The molecule has 12 nitrogen and oxygen atoms in total. The molecule has 0 saturated heterocycles. The maximum absolute atomic E-state index is 12.5. The molecule has 12 heteroatoms. The smallest absolute Gasteiger partial charge is 0.323 e. The van der Waals surface area contributed by atoms with Gasteiger partial charge in [-0.3, -0.25) is 14.4 Å². The van der Waals surface area contributed by atoms with Crippen LogP contribution in [0.4, 0.5) is 21.9 Å². The number of carboxylic acid groups (broad SMARTS) is 1. The summed E-state index contributed by atoms with van der Waals surface area (Å²) in [5, 5.41) is 29.9. The van der Waals surface area contributed by atoms with E-state index in [0.29, 0.717) is 22.7 Å². The third kappa shape index (κ3) is 10.4. The van der Waals surface area contributed by atoms with Crippen LogP contribution in [0.15, 0.2) is 66.7 Å². The number of carbonyl (C=O) groups is 4. The number of nitrogens with one attached hydrogen (secondary N) is 4. The normalized spacial score (nSPS) is 10.7. The summed E-state index contributed by atoms with van der Waals surface area (Å²) in [6.45, 7) is 4.00. The standard InChI is InChI=1S/C28H30N4O8.C2H6/c1-39-23-11-8-17(14-24(23)40-2)21(16-27(36)37)31-26(35)13-12-25(34)29-19-9-10-20(22(33)15-19)32-28(38)30-18-6-4-3-5-7-18;1-2/h3-11,14-15,21,33H,12-13,16H2,1-2H3,(H,29,34)(H,31,35)(H,36,37)(H2,30,32,38);1-2H3/t21-;/m0./s1. The van der Waals surface area contributed by atoms with Gasteiger partial charge < -0.3 is 41.0 Å². The molecule has 4 amide bonds. The number of rotatable bonds is 12. The van der Waals surface area contributed by atoms with E-state index in [9.17, 15) is 29.4 Å². The number of aliphatic carboxylic acids is 1. The molecule has 0 aliphatic carbocycles. The van der Waals surface area contributed by atoms with Crippen LogP contribution in [0.5, 0.6) is 17.2 Å². The Hall–Kier alpha value is -5.26. The lowest BCUT2D eigenvalue weighted by Gasteiger charge is -2.19. The minimum absolute atomic E-state index is 0.130. The van der Waals surface area contributed by atoms with Crippen LogP contribution >= 0.6 is 0 Å². The molecule has 0 fully saturated rings. The number of phenolic OH excluding ortho intramolecular Hbond substituents is 1. The van der Waals surface area contributed by atoms with Crippen molar-refractivity contribution >= 4 is 40.9 Å². The van der Waals surface area contributed by atoms with Crippen molar-refractivity contribution in [2.75, 3.05) is 30.2 Å². The highest BCUT2D eigenvalue weighted by Crippen LogP contribution is 2.31. The van der Waals surface area contributed by atoms with E-state index in [1.54, 1.807) is 42.5 Å². The quantitative estimate of drug-likeness (QED) is 0.160. The first-order chi connectivity index (χ1) is 20.2. The van der Waals surface area contributed by atoms with Crippen LogP contribution in [0.2, 0.25) is 0 Å². The molecule has 3 aromatic rings. The second-order valence-electron chi connectivity index (χ2n) is 8.56. The molecule has 0 aliphatic heterocycles. The van der Waals surface area contributed by atoms with Crippen LogP contribution in [-0.2, 0) is 14.4 Å². The second-order valence-corrected chi connectivity index (χ2v) is 8.56. The first-order valence-corrected chi connectivity index (χ1v) is 13.2. The van der Waals surface area contributed by atoms with Gasteiger partial charge in [-0.1, -0.05) is 38.1 Å². The highest BCUT2D eigenvalue weighted by Gasteiger charge is 2.20. The zero-order chi connectivity index (χ0) is 31.1. The molecule has 3 aromatic carbocycles. The molecule has 0 heterocycles. The van der Waals surface area contributed by atoms with Gasteiger partial charge in [0.25, 0.3) is 0 Å². The topological polar surface area (TPSA) is 175 Å². The predicted octanol–water partition coefficient (Wildman–Crippen LogP) is 5.13. The number of urea groups is 1. The van der Waals surface area contributed by atoms with Crippen LogP contribution in [-0.4, -0.2) is 48.2 Å². The number of benzene rings is 3. The van der Waals surface area contributed by atoms with Gasteiger partial charge in [-0.25, -0.2) is 4.79 Å². The molecular weight excluding hydrogens is 544 g/mol. The molecule has 0 aliphatic rings. The number of para-hydroxylation sites is 1. The van der Waals surface area contributed by atoms with Gasteiger partial charge in [-0.05, 0) is 42.0 Å². The van der Waals surface area contributed by atoms with Gasteiger partial charge in [-0.2, -0.15) is 0 Å². The molecule has 42 heavy (non-hydrogen) atoms. The average molecular weight is 581 g/mol. The molecule has 0 aromatic heterocycles. The van der Waals surface area contributed by atoms with Crippen LogP contribution in [0.25, 0.3) is 0 Å². The Balaban J connectivity index is 0.00000301. The maximum atomic E-state index is 12.5. The Morgan fingerprint density at radius 3 is 2.05 bits per heavy atom. The number of ether oxygens (including phenoxy) is 2. The van der Waals surface area contributed by atoms with Crippen molar-refractivity contribution in [1.82, 2.24) is 5.32 Å². The Bertz CT molecular complexity index is 1360. The van der Waals surface area contributed by atoms with Gasteiger partial charge in [0.05, 0.1) is 32.4 Å². The molecule has 0 radical (unpaired) electrons. The fourth-order valence-electron chi connectivity index (χ4n) is 3.73. The van der Waals surface area contributed by atoms with E-state index >= 15 is 0 Å². The van der Waals surface area contributed by atoms with Crippen molar-refractivity contribution < 1.29 is 38.9 Å². The van der Waals surface area contributed by atoms with Gasteiger partial charge in [0.15, 0.2) is 11.5 Å². The van der Waals surface area contributed by atoms with E-state index in [4.69, 9.17) is 9.47 Å². The lowest BCUT2D eigenvalue weighted by Crippen LogP contribution is -2.30. The second kappa shape index (κ2) is 16.8. The molecule has 1 atom stereocenters. The third-order valence-electron chi connectivity index (χ3n) is 5.66. The van der Waals surface area contributed by atoms with Crippen molar-refractivity contribution in [2.24, 2.45) is 0 Å². The number of aromatic hydroxyl groups is 1. The van der Waals surface area contributed by atoms with E-state index < -0.39 is 29.9 Å². The first kappa shape index (κ1) is 32.9. The molecule has 6 N–H and O–H groups in total. The van der Waals surface area contributed by atoms with Crippen LogP contribution in [0, 0.1) is 0 Å². The van der Waals surface area contributed by atoms with Crippen LogP contribution in [0.1, 0.15) is 44.7 Å². The zero-order valence-electron chi connectivity index (χ0n) is 23.9. The highest BCUT2D eigenvalue weighted by atomic mass is 16.5. The van der Waals surface area contributed by atoms with Crippen molar-refractivity contribution in [1.29, 1.82) is 0 Å². The summed E-state index contributed by atoms with van der Waals surface area (Å²) in [5.74, 6) is -1.58. The SMILES string of the molecule is CC.COc1ccc([C@H](CC(=O)O)NC(=O)CCC(=O)Nc2ccc(NC(=O)Nc3ccccc3)c(O)c2)cc1OC. The fourth-order valence-corrected chi connectivity index (χ4v) is 3.73. The molecule has 0 saturated carbocycles. The number of carbonyl (C=O) groups excluding carboxylic acids is 3. The minimum Gasteiger partial charge on any atom is -0.506 e. The average Bonchev–Trinajstić information content (AvgIpc) is 2.98. The zero-order valence-corrected chi connectivity index (χ0v) is 23.9. The minimum atomic E-state index is -1.12. The largest absolute Gasteiger partial charge is 0.506 e. The third-order valence-corrected chi connectivity index (χ3v) is 5.66. The Morgan fingerprint density at radius 1 is 0.762 bits per heavy atom. The lowest BCUT2D eigenvalue weighted by molar-refractivity contribution is -0.138. The molecular formula is C30H36N4O8. The van der Waals surface area contributed by atoms with E-state index in [2.05, 4.69) is 21.3 Å². The summed E-state index contributed by atoms with van der Waals surface area (Å²) in [7, 11) is 2.91. The number of carboxylic acids is 1. The number of methoxy groups -OCH3 is 2. The monoisotopic (exact) mass is 580 g/mol. The van der Waals surface area contributed by atoms with E-state index in [-0.39, 0.29) is 36.4 Å². The van der Waals surface area contributed by atoms with Gasteiger partial charge in [0.1, 0.15) is 5.75 Å². The van der Waals surface area contributed by atoms with Gasteiger partial charge in [-0.15, -0.1) is 0 Å². The molecule has 0 unspecified atom stereocenters. The summed E-state index contributed by atoms with van der Waals surface area (Å²) >= 11 is 0. The van der Waals surface area contributed by atoms with E-state index in [0.717, 1.165) is 0 Å². The molecule has 0 spiro atoms. The number of anilines is 3.